The lowest BCUT2D eigenvalue weighted by atomic mass is 10.1. The second kappa shape index (κ2) is 5.74. The van der Waals surface area contributed by atoms with E-state index in [2.05, 4.69) is 17.2 Å². The van der Waals surface area contributed by atoms with Crippen LogP contribution in [-0.2, 0) is 13.6 Å². The molecule has 96 valence electrons. The molecule has 0 aliphatic rings. The van der Waals surface area contributed by atoms with Gasteiger partial charge in [-0.15, -0.1) is 0 Å². The van der Waals surface area contributed by atoms with Crippen molar-refractivity contribution in [3.8, 4) is 0 Å². The number of nitrogens with one attached hydrogen (secondary N) is 1. The van der Waals surface area contributed by atoms with Crippen LogP contribution in [0.5, 0.6) is 0 Å². The molecule has 2 rings (SSSR count). The molecule has 1 aromatic carbocycles. The zero-order chi connectivity index (χ0) is 13.1. The standard InChI is InChI=1S/C13H15Cl2N3/c1-9(10-5-3-4-6-11(10)14)16-8-13-17-7-12(15)18(13)2/h3-7,9,16H,8H2,1-2H3. The predicted octanol–water partition coefficient (Wildman–Crippen LogP) is 3.58. The van der Waals surface area contributed by atoms with Gasteiger partial charge in [-0.3, -0.25) is 0 Å². The fourth-order valence-electron chi connectivity index (χ4n) is 1.77. The van der Waals surface area contributed by atoms with Gasteiger partial charge >= 0.3 is 0 Å². The maximum atomic E-state index is 6.15. The molecule has 1 unspecified atom stereocenters. The number of hydrogen-bond donors (Lipinski definition) is 1. The molecular weight excluding hydrogens is 269 g/mol. The van der Waals surface area contributed by atoms with E-state index in [-0.39, 0.29) is 6.04 Å². The highest BCUT2D eigenvalue weighted by atomic mass is 35.5. The molecule has 0 spiro atoms. The van der Waals surface area contributed by atoms with Crippen molar-refractivity contribution < 1.29 is 0 Å². The number of nitrogens with zero attached hydrogens (tertiary/aromatic N) is 2. The minimum Gasteiger partial charge on any atom is -0.321 e. The van der Waals surface area contributed by atoms with Crippen LogP contribution in [-0.4, -0.2) is 9.55 Å². The minimum atomic E-state index is 0.161. The SMILES string of the molecule is CC(NCc1ncc(Cl)n1C)c1ccccc1Cl. The molecule has 1 atom stereocenters. The summed E-state index contributed by atoms with van der Waals surface area (Å²) in [6.07, 6.45) is 1.65. The first kappa shape index (κ1) is 13.4. The summed E-state index contributed by atoms with van der Waals surface area (Å²) in [4.78, 5) is 4.24. The zero-order valence-electron chi connectivity index (χ0n) is 10.3. The van der Waals surface area contributed by atoms with Crippen molar-refractivity contribution in [2.24, 2.45) is 7.05 Å². The molecule has 5 heteroatoms. The zero-order valence-corrected chi connectivity index (χ0v) is 11.8. The Bertz CT molecular complexity index is 537. The molecule has 0 fully saturated rings. The lowest BCUT2D eigenvalue weighted by molar-refractivity contribution is 0.549. The number of aromatic nitrogens is 2. The summed E-state index contributed by atoms with van der Waals surface area (Å²) < 4.78 is 1.86. The first-order valence-electron chi connectivity index (χ1n) is 5.73. The summed E-state index contributed by atoms with van der Waals surface area (Å²) in [5.41, 5.74) is 1.08. The molecule has 1 N–H and O–H groups in total. The summed E-state index contributed by atoms with van der Waals surface area (Å²) in [5, 5.41) is 4.79. The smallest absolute Gasteiger partial charge is 0.128 e. The van der Waals surface area contributed by atoms with Crippen molar-refractivity contribution in [1.82, 2.24) is 14.9 Å². The third-order valence-corrected chi connectivity index (χ3v) is 3.66. The largest absolute Gasteiger partial charge is 0.321 e. The summed E-state index contributed by atoms with van der Waals surface area (Å²) in [7, 11) is 1.90. The van der Waals surface area contributed by atoms with Crippen LogP contribution in [0.3, 0.4) is 0 Å². The molecule has 0 aliphatic heterocycles. The van der Waals surface area contributed by atoms with Crippen LogP contribution in [0.25, 0.3) is 0 Å². The Labute approximate surface area is 117 Å². The van der Waals surface area contributed by atoms with E-state index in [4.69, 9.17) is 23.2 Å². The third kappa shape index (κ3) is 2.86. The van der Waals surface area contributed by atoms with Gasteiger partial charge in [0.15, 0.2) is 0 Å². The molecule has 0 bridgehead atoms. The maximum absolute atomic E-state index is 6.15. The lowest BCUT2D eigenvalue weighted by Gasteiger charge is -2.15. The first-order valence-corrected chi connectivity index (χ1v) is 6.49. The van der Waals surface area contributed by atoms with Crippen molar-refractivity contribution in [1.29, 1.82) is 0 Å². The Morgan fingerprint density at radius 2 is 2.06 bits per heavy atom. The van der Waals surface area contributed by atoms with Gasteiger partial charge in [0, 0.05) is 18.1 Å². The van der Waals surface area contributed by atoms with Crippen molar-refractivity contribution >= 4 is 23.2 Å². The quantitative estimate of drug-likeness (QED) is 0.930. The average Bonchev–Trinajstić information content (AvgIpc) is 2.68. The van der Waals surface area contributed by atoms with E-state index >= 15 is 0 Å². The summed E-state index contributed by atoms with van der Waals surface area (Å²) in [6.45, 7) is 2.72. The van der Waals surface area contributed by atoms with E-state index in [9.17, 15) is 0 Å². The van der Waals surface area contributed by atoms with Gasteiger partial charge in [-0.1, -0.05) is 41.4 Å². The number of halogens is 2. The highest BCUT2D eigenvalue weighted by Gasteiger charge is 2.10. The Morgan fingerprint density at radius 3 is 2.67 bits per heavy atom. The maximum Gasteiger partial charge on any atom is 0.128 e. The second-order valence-corrected chi connectivity index (χ2v) is 4.97. The molecule has 1 heterocycles. The van der Waals surface area contributed by atoms with E-state index in [0.29, 0.717) is 11.7 Å². The molecule has 0 aliphatic carbocycles. The molecule has 18 heavy (non-hydrogen) atoms. The normalized spacial score (nSPS) is 12.7. The Kier molecular flexibility index (Phi) is 4.27. The average molecular weight is 284 g/mol. The molecule has 1 aromatic heterocycles. The summed E-state index contributed by atoms with van der Waals surface area (Å²) in [6, 6.07) is 7.99. The third-order valence-electron chi connectivity index (χ3n) is 2.97. The fraction of sp³-hybridized carbons (Fsp3) is 0.308. The van der Waals surface area contributed by atoms with Gasteiger partial charge in [0.25, 0.3) is 0 Å². The van der Waals surface area contributed by atoms with Crippen LogP contribution in [0.1, 0.15) is 24.4 Å². The van der Waals surface area contributed by atoms with Gasteiger partial charge in [0.1, 0.15) is 11.0 Å². The van der Waals surface area contributed by atoms with Crippen LogP contribution in [0.4, 0.5) is 0 Å². The first-order chi connectivity index (χ1) is 8.59. The topological polar surface area (TPSA) is 29.9 Å². The van der Waals surface area contributed by atoms with Crippen molar-refractivity contribution in [3.05, 3.63) is 52.0 Å². The Hall–Kier alpha value is -1.03. The molecule has 0 radical (unpaired) electrons. The molecule has 0 amide bonds. The van der Waals surface area contributed by atoms with Crippen LogP contribution < -0.4 is 5.32 Å². The monoisotopic (exact) mass is 283 g/mol. The van der Waals surface area contributed by atoms with Crippen LogP contribution in [0.15, 0.2) is 30.5 Å². The van der Waals surface area contributed by atoms with Gasteiger partial charge in [0.05, 0.1) is 12.7 Å². The summed E-state index contributed by atoms with van der Waals surface area (Å²) in [5.74, 6) is 0.902. The Morgan fingerprint density at radius 1 is 1.33 bits per heavy atom. The van der Waals surface area contributed by atoms with Gasteiger partial charge < -0.3 is 9.88 Å². The fourth-order valence-corrected chi connectivity index (χ4v) is 2.21. The number of hydrogen-bond acceptors (Lipinski definition) is 2. The van der Waals surface area contributed by atoms with E-state index in [1.54, 1.807) is 6.20 Å². The van der Waals surface area contributed by atoms with Gasteiger partial charge in [-0.05, 0) is 18.6 Å². The highest BCUT2D eigenvalue weighted by Crippen LogP contribution is 2.22. The van der Waals surface area contributed by atoms with Gasteiger partial charge in [-0.25, -0.2) is 4.98 Å². The van der Waals surface area contributed by atoms with E-state index < -0.39 is 0 Å². The lowest BCUT2D eigenvalue weighted by Crippen LogP contribution is -2.20. The second-order valence-electron chi connectivity index (χ2n) is 4.18. The molecular formula is C13H15Cl2N3. The minimum absolute atomic E-state index is 0.161. The molecule has 2 aromatic rings. The number of imidazole rings is 1. The van der Waals surface area contributed by atoms with Crippen LogP contribution in [0.2, 0.25) is 10.2 Å². The van der Waals surface area contributed by atoms with E-state index in [1.807, 2.05) is 35.9 Å². The van der Waals surface area contributed by atoms with Gasteiger partial charge in [0.2, 0.25) is 0 Å². The molecule has 0 saturated heterocycles. The molecule has 3 nitrogen and oxygen atoms in total. The van der Waals surface area contributed by atoms with Crippen LogP contribution >= 0.6 is 23.2 Å². The van der Waals surface area contributed by atoms with Crippen molar-refractivity contribution in [2.75, 3.05) is 0 Å². The van der Waals surface area contributed by atoms with Crippen LogP contribution in [0, 0.1) is 0 Å². The highest BCUT2D eigenvalue weighted by molar-refractivity contribution is 6.31. The molecule has 0 saturated carbocycles. The van der Waals surface area contributed by atoms with Crippen molar-refractivity contribution in [2.45, 2.75) is 19.5 Å². The van der Waals surface area contributed by atoms with E-state index in [0.717, 1.165) is 16.4 Å². The van der Waals surface area contributed by atoms with E-state index in [1.165, 1.54) is 0 Å². The summed E-state index contributed by atoms with van der Waals surface area (Å²) >= 11 is 12.1. The number of rotatable bonds is 4. The van der Waals surface area contributed by atoms with Crippen molar-refractivity contribution in [3.63, 3.8) is 0 Å². The number of benzene rings is 1. The Balaban J connectivity index is 2.03. The predicted molar refractivity (Wildman–Crippen MR) is 74.9 cm³/mol. The van der Waals surface area contributed by atoms with Gasteiger partial charge in [-0.2, -0.15) is 0 Å².